The Morgan fingerprint density at radius 3 is 0.746 bits per heavy atom. The maximum Gasteiger partial charge on any atom is 0.0546 e. The van der Waals surface area contributed by atoms with E-state index in [1.165, 1.54) is 309 Å². The zero-order chi connectivity index (χ0) is 93.6. The molecule has 0 N–H and O–H groups in total. The Balaban J connectivity index is 0.545. The molecule has 0 atom stereocenters. The van der Waals surface area contributed by atoms with Gasteiger partial charge in [0.1, 0.15) is 0 Å². The summed E-state index contributed by atoms with van der Waals surface area (Å²) in [5, 5.41) is 7.29. The lowest BCUT2D eigenvalue weighted by molar-refractivity contribution is 0.399. The third-order valence-electron chi connectivity index (χ3n) is 32.7. The van der Waals surface area contributed by atoms with Gasteiger partial charge in [0, 0.05) is 55.2 Å². The van der Waals surface area contributed by atoms with Crippen molar-refractivity contribution >= 4 is 66.4 Å². The molecule has 0 fully saturated rings. The Labute approximate surface area is 821 Å². The Kier molecular flexibility index (Phi) is 24.8. The monoisotopic (exact) mass is 1790 g/mol. The number of anilines is 6. The van der Waals surface area contributed by atoms with Crippen molar-refractivity contribution < 1.29 is 0 Å². The number of unbranched alkanes of at least 4 members (excludes halogenated alkanes) is 16. The first-order valence-electron chi connectivity index (χ1n) is 52.7. The maximum absolute atomic E-state index is 2.63. The van der Waals surface area contributed by atoms with Gasteiger partial charge in [0.25, 0.3) is 0 Å². The highest BCUT2D eigenvalue weighted by atomic mass is 15.2. The van der Waals surface area contributed by atoms with E-state index in [9.17, 15) is 0 Å². The van der Waals surface area contributed by atoms with Gasteiger partial charge in [0.15, 0.2) is 0 Å². The van der Waals surface area contributed by atoms with E-state index in [0.29, 0.717) is 0 Å². The van der Waals surface area contributed by atoms with E-state index in [1.54, 1.807) is 22.3 Å². The van der Waals surface area contributed by atoms with Crippen LogP contribution in [0.5, 0.6) is 0 Å². The Morgan fingerprint density at radius 1 is 0.181 bits per heavy atom. The smallest absolute Gasteiger partial charge is 0.0546 e. The zero-order valence-corrected chi connectivity index (χ0v) is 82.5. The molecule has 4 aliphatic rings. The first kappa shape index (κ1) is 89.8. The summed E-state index contributed by atoms with van der Waals surface area (Å²) in [6.45, 7) is 19.1. The summed E-state index contributed by atoms with van der Waals surface area (Å²) < 4.78 is 0. The average molecular weight is 1790 g/mol. The molecule has 138 heavy (non-hydrogen) atoms. The largest absolute Gasteiger partial charge is 0.310 e. The normalized spacial score (nSPS) is 14.0. The summed E-state index contributed by atoms with van der Waals surface area (Å²) in [4.78, 5) is 4.98. The van der Waals surface area contributed by atoms with Crippen LogP contribution in [0.1, 0.15) is 254 Å². The van der Waals surface area contributed by atoms with Crippen LogP contribution in [-0.4, -0.2) is 0 Å². The summed E-state index contributed by atoms with van der Waals surface area (Å²) in [6, 6.07) is 141. The third-order valence-corrected chi connectivity index (χ3v) is 32.7. The lowest BCUT2D eigenvalue weighted by Gasteiger charge is -2.33. The van der Waals surface area contributed by atoms with E-state index in [0.717, 1.165) is 45.3 Å². The minimum absolute atomic E-state index is 0.0386. The van der Waals surface area contributed by atoms with Crippen LogP contribution in [-0.2, 0) is 21.7 Å². The highest BCUT2D eigenvalue weighted by molar-refractivity contribution is 6.30. The van der Waals surface area contributed by atoms with Gasteiger partial charge in [0.05, 0.1) is 11.4 Å². The fourth-order valence-electron chi connectivity index (χ4n) is 25.5. The molecule has 0 amide bonds. The van der Waals surface area contributed by atoms with Crippen molar-refractivity contribution in [2.75, 3.05) is 9.80 Å². The predicted octanol–water partition coefficient (Wildman–Crippen LogP) is 40.1. The molecule has 0 saturated carbocycles. The summed E-state index contributed by atoms with van der Waals surface area (Å²) in [5.41, 5.74) is 44.2. The minimum atomic E-state index is -0.212. The highest BCUT2D eigenvalue weighted by Crippen LogP contribution is 2.61. The van der Waals surface area contributed by atoms with Gasteiger partial charge in [-0.2, -0.15) is 0 Å². The molecule has 0 bridgehead atoms. The summed E-state index contributed by atoms with van der Waals surface area (Å²) in [7, 11) is 0. The molecule has 0 unspecified atom stereocenters. The van der Waals surface area contributed by atoms with Crippen LogP contribution in [0.15, 0.2) is 364 Å². The first-order valence-corrected chi connectivity index (χ1v) is 52.7. The van der Waals surface area contributed by atoms with Crippen molar-refractivity contribution in [3.8, 4) is 111 Å². The maximum atomic E-state index is 2.63. The molecular weight excluding hydrogens is 1660 g/mol. The van der Waals surface area contributed by atoms with Gasteiger partial charge in [0.2, 0.25) is 0 Å². The van der Waals surface area contributed by atoms with Gasteiger partial charge in [-0.05, 0) is 312 Å². The summed E-state index contributed by atoms with van der Waals surface area (Å²) in [5.74, 6) is 0. The van der Waals surface area contributed by atoms with Gasteiger partial charge in [-0.1, -0.05) is 439 Å². The van der Waals surface area contributed by atoms with Crippen molar-refractivity contribution in [2.24, 2.45) is 0 Å². The molecule has 2 heteroatoms. The lowest BCUT2D eigenvalue weighted by Crippen LogP contribution is -2.25. The van der Waals surface area contributed by atoms with Gasteiger partial charge in [-0.15, -0.1) is 0 Å². The molecular formula is C136H132N2. The van der Waals surface area contributed by atoms with Gasteiger partial charge >= 0.3 is 0 Å². The number of nitrogens with zero attached hydrogens (tertiary/aromatic N) is 2. The summed E-state index contributed by atoms with van der Waals surface area (Å²) in [6.07, 6.45) is 30.9. The third kappa shape index (κ3) is 16.2. The Hall–Kier alpha value is -13.4. The van der Waals surface area contributed by atoms with Crippen molar-refractivity contribution in [1.82, 2.24) is 0 Å². The van der Waals surface area contributed by atoms with Crippen molar-refractivity contribution in [2.45, 2.75) is 231 Å². The summed E-state index contributed by atoms with van der Waals surface area (Å²) >= 11 is 0. The molecule has 4 aliphatic carbocycles. The predicted molar refractivity (Wildman–Crippen MR) is 593 cm³/mol. The molecule has 0 radical (unpaired) electrons. The fraction of sp³-hybridized carbons (Fsp3) is 0.265. The standard InChI is InChI=1S/C136H132N2/c1-9-13-17-21-35-77-135(78-36-22-18-14-10-2)121-63-33-31-59-111(121)117-75-69-103(89-127(117)135)101-67-73-115-113-71-65-99(85-123(113)133(5,6)125(115)87-101)95-47-39-45-93(81-95)97-49-41-57-109(83-97)137(107-53-27-25-28-54-107)129-91-105-51-44-62-120-130(92-106-52-43-61-119(129)131(106)132(105)120)138(108-55-29-26-30-56-108)110-58-42-50-98(84-110)94-46-40-48-96(82-94)100-66-72-114-116-74-68-102(88-126(116)134(7,8)124(114)86-100)104-70-76-118-112-60-32-34-64-122(112)136(128(118)90-104,79-37-23-19-15-11-3)80-38-24-20-16-12-4/h25-34,39-76,81-92H,9-24,35-38,77-80H2,1-8H3. The molecule has 0 aromatic heterocycles. The Morgan fingerprint density at radius 2 is 0.428 bits per heavy atom. The van der Waals surface area contributed by atoms with Crippen molar-refractivity contribution in [3.05, 3.63) is 408 Å². The molecule has 0 spiro atoms. The minimum Gasteiger partial charge on any atom is -0.310 e. The zero-order valence-electron chi connectivity index (χ0n) is 82.5. The first-order chi connectivity index (χ1) is 67.7. The van der Waals surface area contributed by atoms with Gasteiger partial charge < -0.3 is 9.80 Å². The number of fused-ring (bicyclic) bond motifs is 12. The lowest BCUT2D eigenvalue weighted by atomic mass is 9.70. The van der Waals surface area contributed by atoms with E-state index in [2.05, 4.69) is 429 Å². The van der Waals surface area contributed by atoms with Crippen LogP contribution in [0.2, 0.25) is 0 Å². The van der Waals surface area contributed by atoms with Crippen LogP contribution in [0.3, 0.4) is 0 Å². The fourth-order valence-corrected chi connectivity index (χ4v) is 25.5. The van der Waals surface area contributed by atoms with Crippen LogP contribution in [0.25, 0.3) is 144 Å². The molecule has 2 nitrogen and oxygen atoms in total. The molecule has 18 aromatic rings. The SMILES string of the molecule is CCCCCCCC1(CCCCCCC)c2ccccc2-c2ccc(-c3ccc4c(c3)C(C)(C)c3cc(-c5cccc(-c6cccc(N(c7ccccc7)c7cc8cccc9c(N(c%10ccccc%10)c%10cccc(-c%11cccc(-c%12ccc%13c(c%12)C(C)(C)c%12cc(-c%14ccc%15c(c%14)C(CCCCCCC)(CCCCCCC)c%14ccccc%14-%15)ccc%12-%13)c%11)c%10)cc%10cccc7c%10c89)c6)c5)ccc3-4)cc21. The molecule has 686 valence electrons. The van der Waals surface area contributed by atoms with E-state index in [1.807, 2.05) is 0 Å². The number of hydrogen-bond donors (Lipinski definition) is 0. The second kappa shape index (κ2) is 38.2. The van der Waals surface area contributed by atoms with E-state index in [4.69, 9.17) is 0 Å². The number of benzene rings is 18. The highest BCUT2D eigenvalue weighted by Gasteiger charge is 2.46. The second-order valence-electron chi connectivity index (χ2n) is 41.9. The van der Waals surface area contributed by atoms with E-state index in [-0.39, 0.29) is 21.7 Å². The number of rotatable bonds is 36. The number of hydrogen-bond acceptors (Lipinski definition) is 2. The van der Waals surface area contributed by atoms with Gasteiger partial charge in [-0.3, -0.25) is 0 Å². The molecule has 22 rings (SSSR count). The average Bonchev–Trinajstić information content (AvgIpc) is 1.69. The van der Waals surface area contributed by atoms with E-state index >= 15 is 0 Å². The molecule has 0 aliphatic heterocycles. The molecule has 18 aromatic carbocycles. The second-order valence-corrected chi connectivity index (χ2v) is 41.9. The molecule has 0 saturated heterocycles. The van der Waals surface area contributed by atoms with Crippen molar-refractivity contribution in [3.63, 3.8) is 0 Å². The van der Waals surface area contributed by atoms with Crippen molar-refractivity contribution in [1.29, 1.82) is 0 Å². The van der Waals surface area contributed by atoms with Crippen LogP contribution in [0.4, 0.5) is 34.1 Å². The topological polar surface area (TPSA) is 6.48 Å². The van der Waals surface area contributed by atoms with Gasteiger partial charge in [-0.25, -0.2) is 0 Å². The van der Waals surface area contributed by atoms with E-state index < -0.39 is 0 Å². The van der Waals surface area contributed by atoms with Crippen LogP contribution >= 0.6 is 0 Å². The number of para-hydroxylation sites is 2. The quantitative estimate of drug-likeness (QED) is 0.0285. The van der Waals surface area contributed by atoms with Crippen LogP contribution < -0.4 is 9.80 Å². The Bertz CT molecular complexity index is 7060. The van der Waals surface area contributed by atoms with Crippen LogP contribution in [0, 0.1) is 0 Å². The molecule has 0 heterocycles.